The molecule has 0 radical (unpaired) electrons. The second-order valence-corrected chi connectivity index (χ2v) is 3.47. The normalized spacial score (nSPS) is 10.5. The summed E-state index contributed by atoms with van der Waals surface area (Å²) in [7, 11) is 0. The Labute approximate surface area is 84.0 Å². The van der Waals surface area contributed by atoms with E-state index in [2.05, 4.69) is 20.4 Å². The molecular formula is C7H6N4S2. The lowest BCUT2D eigenvalue weighted by atomic mass is 10.3. The standard InChI is InChI=1S/C7H6N4S2/c1-3-2-4-5(9-8-3)7(13)11-10-6(4)12/h2H,1H3,(H,10,12)(H,11,13). The van der Waals surface area contributed by atoms with E-state index >= 15 is 0 Å². The molecule has 2 heterocycles. The van der Waals surface area contributed by atoms with Gasteiger partial charge in [-0.05, 0) is 13.0 Å². The summed E-state index contributed by atoms with van der Waals surface area (Å²) in [6.07, 6.45) is 0. The minimum absolute atomic E-state index is 0.524. The number of H-pyrrole nitrogens is 2. The third-order valence-electron chi connectivity index (χ3n) is 1.67. The van der Waals surface area contributed by atoms with Crippen LogP contribution in [0.25, 0.3) is 10.9 Å². The summed E-state index contributed by atoms with van der Waals surface area (Å²) >= 11 is 10.1. The quantitative estimate of drug-likeness (QED) is 0.653. The van der Waals surface area contributed by atoms with E-state index in [1.54, 1.807) is 0 Å². The fourth-order valence-electron chi connectivity index (χ4n) is 1.07. The van der Waals surface area contributed by atoms with Crippen molar-refractivity contribution in [3.63, 3.8) is 0 Å². The van der Waals surface area contributed by atoms with E-state index in [0.29, 0.717) is 14.8 Å². The molecule has 0 unspecified atom stereocenters. The third-order valence-corrected chi connectivity index (χ3v) is 2.28. The smallest absolute Gasteiger partial charge is 0.146 e. The molecule has 0 bridgehead atoms. The van der Waals surface area contributed by atoms with E-state index in [1.807, 2.05) is 13.0 Å². The summed E-state index contributed by atoms with van der Waals surface area (Å²) in [6.45, 7) is 1.86. The fraction of sp³-hybridized carbons (Fsp3) is 0.143. The molecule has 0 aliphatic carbocycles. The Hall–Kier alpha value is -1.14. The van der Waals surface area contributed by atoms with Crippen molar-refractivity contribution in [3.8, 4) is 0 Å². The highest BCUT2D eigenvalue weighted by Crippen LogP contribution is 2.11. The molecule has 0 aliphatic rings. The average molecular weight is 210 g/mol. The minimum atomic E-state index is 0.524. The molecule has 2 aromatic rings. The lowest BCUT2D eigenvalue weighted by Gasteiger charge is -1.97. The van der Waals surface area contributed by atoms with Crippen LogP contribution in [-0.4, -0.2) is 20.4 Å². The monoisotopic (exact) mass is 210 g/mol. The van der Waals surface area contributed by atoms with Crippen LogP contribution in [0.5, 0.6) is 0 Å². The number of rotatable bonds is 0. The van der Waals surface area contributed by atoms with Crippen LogP contribution >= 0.6 is 24.4 Å². The van der Waals surface area contributed by atoms with Crippen LogP contribution in [-0.2, 0) is 0 Å². The van der Waals surface area contributed by atoms with Gasteiger partial charge >= 0.3 is 0 Å². The molecule has 0 saturated heterocycles. The molecule has 0 aliphatic heterocycles. The molecule has 0 amide bonds. The van der Waals surface area contributed by atoms with Crippen LogP contribution in [0.15, 0.2) is 6.07 Å². The Morgan fingerprint density at radius 3 is 2.62 bits per heavy atom. The Morgan fingerprint density at radius 2 is 1.85 bits per heavy atom. The molecule has 0 atom stereocenters. The molecule has 2 aromatic heterocycles. The fourth-order valence-corrected chi connectivity index (χ4v) is 1.48. The van der Waals surface area contributed by atoms with Crippen molar-refractivity contribution < 1.29 is 0 Å². The van der Waals surface area contributed by atoms with E-state index in [-0.39, 0.29) is 0 Å². The summed E-state index contributed by atoms with van der Waals surface area (Å²) in [5, 5.41) is 14.3. The third kappa shape index (κ3) is 1.38. The molecule has 0 saturated carbocycles. The highest BCUT2D eigenvalue weighted by atomic mass is 32.1. The first-order valence-electron chi connectivity index (χ1n) is 3.63. The molecular weight excluding hydrogens is 204 g/mol. The van der Waals surface area contributed by atoms with Gasteiger partial charge in [-0.25, -0.2) is 0 Å². The molecule has 2 N–H and O–H groups in total. The maximum atomic E-state index is 5.07. The van der Waals surface area contributed by atoms with Crippen LogP contribution in [0.3, 0.4) is 0 Å². The summed E-state index contributed by atoms with van der Waals surface area (Å²) in [4.78, 5) is 0. The van der Waals surface area contributed by atoms with E-state index < -0.39 is 0 Å². The number of hydrogen-bond donors (Lipinski definition) is 2. The maximum absolute atomic E-state index is 5.07. The SMILES string of the molecule is Cc1cc2c(=S)[nH][nH]c(=S)c2nn1. The predicted molar refractivity (Wildman–Crippen MR) is 54.6 cm³/mol. The molecule has 2 rings (SSSR count). The van der Waals surface area contributed by atoms with E-state index in [4.69, 9.17) is 24.4 Å². The first kappa shape index (κ1) is 8.46. The molecule has 4 nitrogen and oxygen atoms in total. The molecule has 0 spiro atoms. The van der Waals surface area contributed by atoms with Crippen molar-refractivity contribution in [2.24, 2.45) is 0 Å². The summed E-state index contributed by atoms with van der Waals surface area (Å²) in [5.41, 5.74) is 1.47. The van der Waals surface area contributed by atoms with Crippen LogP contribution in [0.4, 0.5) is 0 Å². The predicted octanol–water partition coefficient (Wildman–Crippen LogP) is 2.05. The minimum Gasteiger partial charge on any atom is -0.289 e. The Kier molecular flexibility index (Phi) is 1.93. The first-order valence-corrected chi connectivity index (χ1v) is 4.45. The van der Waals surface area contributed by atoms with Crippen LogP contribution in [0, 0.1) is 16.2 Å². The van der Waals surface area contributed by atoms with Gasteiger partial charge in [0.2, 0.25) is 0 Å². The average Bonchev–Trinajstić information content (AvgIpc) is 2.12. The van der Waals surface area contributed by atoms with Gasteiger partial charge in [-0.2, -0.15) is 5.10 Å². The van der Waals surface area contributed by atoms with Gasteiger partial charge in [-0.15, -0.1) is 5.10 Å². The number of aromatic amines is 2. The zero-order chi connectivity index (χ0) is 9.42. The van der Waals surface area contributed by atoms with Gasteiger partial charge in [0.1, 0.15) is 14.8 Å². The number of hydrogen-bond acceptors (Lipinski definition) is 4. The van der Waals surface area contributed by atoms with Crippen LogP contribution < -0.4 is 0 Å². The van der Waals surface area contributed by atoms with Gasteiger partial charge in [-0.1, -0.05) is 24.4 Å². The summed E-state index contributed by atoms with van der Waals surface area (Å²) in [6, 6.07) is 1.87. The number of aryl methyl sites for hydroxylation is 1. The van der Waals surface area contributed by atoms with Gasteiger partial charge in [0, 0.05) is 5.39 Å². The number of aromatic nitrogens is 4. The van der Waals surface area contributed by atoms with Crippen LogP contribution in [0.2, 0.25) is 0 Å². The lowest BCUT2D eigenvalue weighted by molar-refractivity contribution is 0.972. The van der Waals surface area contributed by atoms with Crippen molar-refractivity contribution in [3.05, 3.63) is 21.0 Å². The summed E-state index contributed by atoms with van der Waals surface area (Å²) in [5.74, 6) is 0. The largest absolute Gasteiger partial charge is 0.289 e. The second-order valence-electron chi connectivity index (χ2n) is 2.66. The van der Waals surface area contributed by atoms with Gasteiger partial charge in [-0.3, -0.25) is 10.2 Å². The van der Waals surface area contributed by atoms with Crippen molar-refractivity contribution in [1.29, 1.82) is 0 Å². The van der Waals surface area contributed by atoms with Crippen LogP contribution in [0.1, 0.15) is 5.69 Å². The summed E-state index contributed by atoms with van der Waals surface area (Å²) < 4.78 is 1.12. The van der Waals surface area contributed by atoms with Gasteiger partial charge < -0.3 is 0 Å². The maximum Gasteiger partial charge on any atom is 0.146 e. The zero-order valence-electron chi connectivity index (χ0n) is 6.79. The molecule has 13 heavy (non-hydrogen) atoms. The van der Waals surface area contributed by atoms with Gasteiger partial charge in [0.25, 0.3) is 0 Å². The Morgan fingerprint density at radius 1 is 1.15 bits per heavy atom. The van der Waals surface area contributed by atoms with Gasteiger partial charge in [0.05, 0.1) is 5.69 Å². The molecule has 66 valence electrons. The van der Waals surface area contributed by atoms with Crippen molar-refractivity contribution in [2.45, 2.75) is 6.92 Å². The number of fused-ring (bicyclic) bond motifs is 1. The van der Waals surface area contributed by atoms with Gasteiger partial charge in [0.15, 0.2) is 0 Å². The Bertz CT molecular complexity index is 568. The number of nitrogens with one attached hydrogen (secondary N) is 2. The van der Waals surface area contributed by atoms with Crippen molar-refractivity contribution in [1.82, 2.24) is 20.4 Å². The van der Waals surface area contributed by atoms with Crippen molar-refractivity contribution >= 4 is 35.3 Å². The zero-order valence-corrected chi connectivity index (χ0v) is 8.42. The second kappa shape index (κ2) is 2.97. The van der Waals surface area contributed by atoms with E-state index in [0.717, 1.165) is 11.1 Å². The highest BCUT2D eigenvalue weighted by Gasteiger charge is 1.99. The highest BCUT2D eigenvalue weighted by molar-refractivity contribution is 7.72. The molecule has 6 heteroatoms. The molecule has 0 fully saturated rings. The van der Waals surface area contributed by atoms with E-state index in [9.17, 15) is 0 Å². The molecule has 0 aromatic carbocycles. The Balaban J connectivity index is 3.10. The lowest BCUT2D eigenvalue weighted by Crippen LogP contribution is -1.93. The first-order chi connectivity index (χ1) is 6.18. The van der Waals surface area contributed by atoms with Crippen molar-refractivity contribution in [2.75, 3.05) is 0 Å². The topological polar surface area (TPSA) is 57.4 Å². The number of nitrogens with zero attached hydrogens (tertiary/aromatic N) is 2. The van der Waals surface area contributed by atoms with E-state index in [1.165, 1.54) is 0 Å².